The molecule has 0 aromatic carbocycles. The van der Waals surface area contributed by atoms with Crippen molar-refractivity contribution in [2.75, 3.05) is 0 Å². The summed E-state index contributed by atoms with van der Waals surface area (Å²) in [4.78, 5) is 0. The van der Waals surface area contributed by atoms with E-state index in [1.165, 1.54) is 57.8 Å². The number of fused-ring (bicyclic) bond motifs is 5. The van der Waals surface area contributed by atoms with Crippen LogP contribution in [0.1, 0.15) is 78.6 Å². The van der Waals surface area contributed by atoms with Gasteiger partial charge in [-0.15, -0.1) is 0 Å². The lowest BCUT2D eigenvalue weighted by atomic mass is 9.46. The smallest absolute Gasteiger partial charge is 0.00597 e. The van der Waals surface area contributed by atoms with Gasteiger partial charge in [0.1, 0.15) is 0 Å². The fourth-order valence-corrected chi connectivity index (χ4v) is 7.04. The maximum absolute atomic E-state index is 2.71. The Morgan fingerprint density at radius 3 is 2.70 bits per heavy atom. The van der Waals surface area contributed by atoms with Crippen LogP contribution in [-0.4, -0.2) is 0 Å². The van der Waals surface area contributed by atoms with Gasteiger partial charge >= 0.3 is 0 Å². The van der Waals surface area contributed by atoms with Crippen molar-refractivity contribution in [1.82, 2.24) is 0 Å². The van der Waals surface area contributed by atoms with Gasteiger partial charge in [0, 0.05) is 0 Å². The van der Waals surface area contributed by atoms with Gasteiger partial charge in [0.15, 0.2) is 0 Å². The zero-order valence-corrected chi connectivity index (χ0v) is 13.8. The van der Waals surface area contributed by atoms with Crippen LogP contribution in [0.5, 0.6) is 0 Å². The van der Waals surface area contributed by atoms with E-state index in [0.29, 0.717) is 10.8 Å². The van der Waals surface area contributed by atoms with E-state index < -0.39 is 0 Å². The molecule has 0 aliphatic heterocycles. The third-order valence-electron chi connectivity index (χ3n) is 8.42. The van der Waals surface area contributed by atoms with Crippen molar-refractivity contribution in [1.29, 1.82) is 0 Å². The van der Waals surface area contributed by atoms with E-state index in [-0.39, 0.29) is 0 Å². The Morgan fingerprint density at radius 2 is 1.85 bits per heavy atom. The molecule has 0 unspecified atom stereocenters. The summed E-state index contributed by atoms with van der Waals surface area (Å²) in [6.07, 6.45) is 16.1. The molecule has 0 N–H and O–H groups in total. The molecule has 3 fully saturated rings. The van der Waals surface area contributed by atoms with Gasteiger partial charge < -0.3 is 0 Å². The lowest BCUT2D eigenvalue weighted by Gasteiger charge is -2.59. The van der Waals surface area contributed by atoms with Gasteiger partial charge in [-0.3, -0.25) is 0 Å². The van der Waals surface area contributed by atoms with E-state index in [0.717, 1.165) is 23.7 Å². The van der Waals surface area contributed by atoms with Crippen LogP contribution < -0.4 is 0 Å². The predicted molar refractivity (Wildman–Crippen MR) is 85.5 cm³/mol. The Kier molecular flexibility index (Phi) is 2.93. The van der Waals surface area contributed by atoms with E-state index in [2.05, 4.69) is 26.8 Å². The second-order valence-electron chi connectivity index (χ2n) is 9.00. The Bertz CT molecular complexity index is 433. The molecule has 0 heteroatoms. The molecule has 0 radical (unpaired) electrons. The van der Waals surface area contributed by atoms with Crippen LogP contribution >= 0.6 is 0 Å². The summed E-state index contributed by atoms with van der Waals surface area (Å²) < 4.78 is 0. The van der Waals surface area contributed by atoms with Crippen molar-refractivity contribution >= 4 is 0 Å². The molecular formula is C20H32. The monoisotopic (exact) mass is 272 g/mol. The maximum Gasteiger partial charge on any atom is -0.00597 e. The summed E-state index contributed by atoms with van der Waals surface area (Å²) in [6.45, 7) is 7.82. The van der Waals surface area contributed by atoms with Crippen LogP contribution in [0.3, 0.4) is 0 Å². The van der Waals surface area contributed by atoms with Crippen LogP contribution in [0.25, 0.3) is 0 Å². The van der Waals surface area contributed by atoms with E-state index in [9.17, 15) is 0 Å². The molecule has 6 atom stereocenters. The first-order chi connectivity index (χ1) is 9.56. The number of hydrogen-bond donors (Lipinski definition) is 0. The lowest BCUT2D eigenvalue weighted by molar-refractivity contribution is -0.0446. The van der Waals surface area contributed by atoms with Crippen LogP contribution in [-0.2, 0) is 0 Å². The van der Waals surface area contributed by atoms with Gasteiger partial charge in [-0.25, -0.2) is 0 Å². The highest BCUT2D eigenvalue weighted by molar-refractivity contribution is 5.25. The summed E-state index contributed by atoms with van der Waals surface area (Å²) in [5, 5.41) is 0. The molecule has 0 spiro atoms. The molecule has 0 heterocycles. The zero-order valence-electron chi connectivity index (χ0n) is 13.8. The molecule has 0 bridgehead atoms. The molecule has 4 rings (SSSR count). The summed E-state index contributed by atoms with van der Waals surface area (Å²) in [7, 11) is 0. The molecular weight excluding hydrogens is 240 g/mol. The molecule has 0 nitrogen and oxygen atoms in total. The Balaban J connectivity index is 1.72. The molecule has 0 saturated heterocycles. The first kappa shape index (κ1) is 13.4. The molecule has 20 heavy (non-hydrogen) atoms. The fourth-order valence-electron chi connectivity index (χ4n) is 7.04. The SMILES string of the molecule is C[C@H]1CCCC2=CC[C@H]3[C@@H]4CCC[C@@]4(C)CC[C@@H]3[C@]21C. The highest BCUT2D eigenvalue weighted by atomic mass is 14.6. The zero-order chi connectivity index (χ0) is 14.0. The third-order valence-corrected chi connectivity index (χ3v) is 8.42. The minimum Gasteiger partial charge on any atom is -0.0845 e. The second kappa shape index (κ2) is 4.37. The van der Waals surface area contributed by atoms with Gasteiger partial charge in [0.25, 0.3) is 0 Å². The normalized spacial score (nSPS) is 54.6. The number of hydrogen-bond acceptors (Lipinski definition) is 0. The van der Waals surface area contributed by atoms with Gasteiger partial charge in [0.2, 0.25) is 0 Å². The predicted octanol–water partition coefficient (Wildman–Crippen LogP) is 5.98. The van der Waals surface area contributed by atoms with Gasteiger partial charge in [-0.1, -0.05) is 38.8 Å². The summed E-state index contributed by atoms with van der Waals surface area (Å²) >= 11 is 0. The van der Waals surface area contributed by atoms with Gasteiger partial charge in [-0.05, 0) is 85.9 Å². The molecule has 0 amide bonds. The first-order valence-corrected chi connectivity index (χ1v) is 9.25. The van der Waals surface area contributed by atoms with E-state index in [4.69, 9.17) is 0 Å². The van der Waals surface area contributed by atoms with Crippen molar-refractivity contribution in [3.8, 4) is 0 Å². The van der Waals surface area contributed by atoms with Crippen LogP contribution in [0, 0.1) is 34.5 Å². The highest BCUT2D eigenvalue weighted by Crippen LogP contribution is 2.65. The van der Waals surface area contributed by atoms with Gasteiger partial charge in [-0.2, -0.15) is 0 Å². The van der Waals surface area contributed by atoms with Crippen molar-refractivity contribution in [2.24, 2.45) is 34.5 Å². The molecule has 0 aromatic heterocycles. The van der Waals surface area contributed by atoms with E-state index >= 15 is 0 Å². The first-order valence-electron chi connectivity index (χ1n) is 9.25. The maximum atomic E-state index is 2.71. The fraction of sp³-hybridized carbons (Fsp3) is 0.900. The Morgan fingerprint density at radius 1 is 1.00 bits per heavy atom. The average molecular weight is 272 g/mol. The number of rotatable bonds is 0. The summed E-state index contributed by atoms with van der Waals surface area (Å²) in [5.74, 6) is 3.99. The molecule has 0 aromatic rings. The van der Waals surface area contributed by atoms with Gasteiger partial charge in [0.05, 0.1) is 0 Å². The largest absolute Gasteiger partial charge is 0.0845 e. The van der Waals surface area contributed by atoms with Crippen LogP contribution in [0.4, 0.5) is 0 Å². The summed E-state index contributed by atoms with van der Waals surface area (Å²) in [5.41, 5.74) is 3.13. The molecule has 3 saturated carbocycles. The van der Waals surface area contributed by atoms with Crippen molar-refractivity contribution in [3.63, 3.8) is 0 Å². The minimum absolute atomic E-state index is 0.561. The minimum atomic E-state index is 0.561. The Labute approximate surface area is 125 Å². The third kappa shape index (κ3) is 1.60. The summed E-state index contributed by atoms with van der Waals surface area (Å²) in [6, 6.07) is 0. The molecule has 112 valence electrons. The molecule has 4 aliphatic rings. The topological polar surface area (TPSA) is 0 Å². The van der Waals surface area contributed by atoms with Crippen molar-refractivity contribution in [2.45, 2.75) is 78.6 Å². The Hall–Kier alpha value is -0.260. The average Bonchev–Trinajstić information content (AvgIpc) is 2.82. The van der Waals surface area contributed by atoms with E-state index in [1.807, 2.05) is 5.57 Å². The van der Waals surface area contributed by atoms with Crippen molar-refractivity contribution < 1.29 is 0 Å². The van der Waals surface area contributed by atoms with E-state index in [1.54, 1.807) is 0 Å². The van der Waals surface area contributed by atoms with Crippen LogP contribution in [0.2, 0.25) is 0 Å². The van der Waals surface area contributed by atoms with Crippen molar-refractivity contribution in [3.05, 3.63) is 11.6 Å². The quantitative estimate of drug-likeness (QED) is 0.476. The lowest BCUT2D eigenvalue weighted by Crippen LogP contribution is -2.50. The second-order valence-corrected chi connectivity index (χ2v) is 9.00. The standard InChI is InChI=1S/C20H32/c1-14-6-4-7-15-9-10-16-17-8-5-12-19(17,2)13-11-18(16)20(14,15)3/h9,14,16-18H,4-8,10-13H2,1-3H3/t14-,16-,17-,18-,19-,20-/m0/s1. The van der Waals surface area contributed by atoms with Crippen LogP contribution in [0.15, 0.2) is 11.6 Å². The molecule has 4 aliphatic carbocycles. The number of allylic oxidation sites excluding steroid dienone is 2. The highest BCUT2D eigenvalue weighted by Gasteiger charge is 2.56.